The second-order valence-electron chi connectivity index (χ2n) is 6.73. The highest BCUT2D eigenvalue weighted by Gasteiger charge is 2.20. The van der Waals surface area contributed by atoms with Crippen molar-refractivity contribution >= 4 is 40.1 Å². The van der Waals surface area contributed by atoms with Crippen LogP contribution in [-0.2, 0) is 17.8 Å². The highest BCUT2D eigenvalue weighted by Crippen LogP contribution is 2.31. The molecule has 2 aromatic carbocycles. The Balaban J connectivity index is 1.46. The van der Waals surface area contributed by atoms with E-state index in [0.717, 1.165) is 22.0 Å². The summed E-state index contributed by atoms with van der Waals surface area (Å²) in [7, 11) is 0. The Morgan fingerprint density at radius 2 is 1.97 bits per heavy atom. The van der Waals surface area contributed by atoms with Crippen LogP contribution in [0.3, 0.4) is 0 Å². The molecule has 4 rings (SSSR count). The quantitative estimate of drug-likeness (QED) is 0.362. The molecular weight excluding hydrogens is 411 g/mol. The average Bonchev–Trinajstić information content (AvgIpc) is 3.32. The molecular formula is C22H18Cl2N2O3. The van der Waals surface area contributed by atoms with E-state index in [1.807, 2.05) is 36.5 Å². The summed E-state index contributed by atoms with van der Waals surface area (Å²) in [6.45, 7) is 0.282. The molecule has 2 heterocycles. The number of furan rings is 1. The summed E-state index contributed by atoms with van der Waals surface area (Å²) >= 11 is 12.2. The number of fused-ring (bicyclic) bond motifs is 1. The molecule has 0 amide bonds. The second kappa shape index (κ2) is 8.33. The number of aromatic amines is 1. The molecule has 0 spiro atoms. The van der Waals surface area contributed by atoms with Crippen LogP contribution in [0.1, 0.15) is 11.3 Å². The van der Waals surface area contributed by atoms with Gasteiger partial charge in [0.25, 0.3) is 0 Å². The number of para-hydroxylation sites is 1. The Labute approximate surface area is 177 Å². The van der Waals surface area contributed by atoms with Crippen molar-refractivity contribution in [2.45, 2.75) is 19.0 Å². The van der Waals surface area contributed by atoms with Crippen molar-refractivity contribution in [2.75, 3.05) is 0 Å². The van der Waals surface area contributed by atoms with Crippen molar-refractivity contribution in [3.8, 4) is 11.3 Å². The summed E-state index contributed by atoms with van der Waals surface area (Å²) in [5, 5.41) is 14.8. The first-order chi connectivity index (χ1) is 14.0. The Hall–Kier alpha value is -2.73. The molecule has 29 heavy (non-hydrogen) atoms. The first-order valence-corrected chi connectivity index (χ1v) is 9.82. The van der Waals surface area contributed by atoms with Gasteiger partial charge in [0.2, 0.25) is 0 Å². The minimum Gasteiger partial charge on any atom is -0.480 e. The van der Waals surface area contributed by atoms with Crippen LogP contribution in [-0.4, -0.2) is 22.1 Å². The molecule has 1 atom stereocenters. The van der Waals surface area contributed by atoms with Gasteiger partial charge in [-0.2, -0.15) is 0 Å². The van der Waals surface area contributed by atoms with Gasteiger partial charge in [0.15, 0.2) is 0 Å². The largest absolute Gasteiger partial charge is 0.480 e. The molecule has 0 aliphatic rings. The number of benzene rings is 2. The van der Waals surface area contributed by atoms with Gasteiger partial charge in [-0.05, 0) is 42.0 Å². The molecule has 0 radical (unpaired) electrons. The number of aromatic nitrogens is 1. The van der Waals surface area contributed by atoms with Crippen LogP contribution in [0.2, 0.25) is 10.0 Å². The molecule has 148 valence electrons. The number of carboxylic acids is 1. The van der Waals surface area contributed by atoms with Gasteiger partial charge in [0.1, 0.15) is 17.6 Å². The van der Waals surface area contributed by atoms with Crippen molar-refractivity contribution in [3.05, 3.63) is 82.2 Å². The van der Waals surface area contributed by atoms with Crippen LogP contribution >= 0.6 is 23.2 Å². The normalized spacial score (nSPS) is 12.3. The van der Waals surface area contributed by atoms with Crippen molar-refractivity contribution < 1.29 is 14.3 Å². The van der Waals surface area contributed by atoms with Gasteiger partial charge in [-0.15, -0.1) is 0 Å². The molecule has 4 aromatic rings. The minimum atomic E-state index is -0.914. The Morgan fingerprint density at radius 3 is 2.76 bits per heavy atom. The van der Waals surface area contributed by atoms with E-state index in [1.165, 1.54) is 0 Å². The van der Waals surface area contributed by atoms with E-state index in [4.69, 9.17) is 27.6 Å². The highest BCUT2D eigenvalue weighted by atomic mass is 35.5. The van der Waals surface area contributed by atoms with Crippen LogP contribution in [0.4, 0.5) is 0 Å². The molecule has 0 fully saturated rings. The van der Waals surface area contributed by atoms with Gasteiger partial charge >= 0.3 is 5.97 Å². The van der Waals surface area contributed by atoms with Gasteiger partial charge in [0.05, 0.1) is 11.6 Å². The number of hydrogen-bond acceptors (Lipinski definition) is 3. The van der Waals surface area contributed by atoms with Crippen LogP contribution < -0.4 is 5.32 Å². The van der Waals surface area contributed by atoms with Crippen molar-refractivity contribution in [2.24, 2.45) is 0 Å². The van der Waals surface area contributed by atoms with Crippen LogP contribution in [0, 0.1) is 0 Å². The molecule has 7 heteroatoms. The van der Waals surface area contributed by atoms with E-state index in [0.29, 0.717) is 28.0 Å². The molecule has 0 saturated heterocycles. The van der Waals surface area contributed by atoms with Crippen molar-refractivity contribution in [1.29, 1.82) is 0 Å². The van der Waals surface area contributed by atoms with Crippen LogP contribution in [0.25, 0.3) is 22.2 Å². The standard InChI is InChI=1S/C22H18Cl2N2O3/c23-14-5-7-17(18(24)10-14)21-8-6-15(29-21)12-26-20(22(27)28)9-13-11-25-19-4-2-1-3-16(13)19/h1-8,10-11,20,25-26H,9,12H2,(H,27,28)/t20-/m1/s1. The number of aliphatic carboxylic acids is 1. The maximum absolute atomic E-state index is 11.8. The van der Waals surface area contributed by atoms with Crippen molar-refractivity contribution in [3.63, 3.8) is 0 Å². The number of nitrogens with one attached hydrogen (secondary N) is 2. The molecule has 0 aliphatic heterocycles. The zero-order chi connectivity index (χ0) is 20.4. The summed E-state index contributed by atoms with van der Waals surface area (Å²) in [4.78, 5) is 14.9. The van der Waals surface area contributed by atoms with E-state index in [-0.39, 0.29) is 6.54 Å². The first kappa shape index (κ1) is 19.6. The lowest BCUT2D eigenvalue weighted by atomic mass is 10.0. The van der Waals surface area contributed by atoms with Crippen LogP contribution in [0.15, 0.2) is 65.2 Å². The Bertz CT molecular complexity index is 1170. The summed E-state index contributed by atoms with van der Waals surface area (Å²) in [6, 6.07) is 15.9. The number of hydrogen-bond donors (Lipinski definition) is 3. The minimum absolute atomic E-state index is 0.282. The van der Waals surface area contributed by atoms with Gasteiger partial charge < -0.3 is 14.5 Å². The summed E-state index contributed by atoms with van der Waals surface area (Å²) in [5.41, 5.74) is 2.67. The first-order valence-electron chi connectivity index (χ1n) is 9.06. The molecule has 3 N–H and O–H groups in total. The van der Waals surface area contributed by atoms with E-state index >= 15 is 0 Å². The third-order valence-corrected chi connectivity index (χ3v) is 5.33. The van der Waals surface area contributed by atoms with Gasteiger partial charge in [-0.1, -0.05) is 41.4 Å². The summed E-state index contributed by atoms with van der Waals surface area (Å²) < 4.78 is 5.84. The fourth-order valence-electron chi connectivity index (χ4n) is 3.30. The average molecular weight is 429 g/mol. The van der Waals surface area contributed by atoms with Gasteiger partial charge in [-0.3, -0.25) is 10.1 Å². The number of halogens is 2. The zero-order valence-electron chi connectivity index (χ0n) is 15.3. The lowest BCUT2D eigenvalue weighted by Gasteiger charge is -2.13. The molecule has 0 bridgehead atoms. The predicted octanol–water partition coefficient (Wildman–Crippen LogP) is 5.52. The Morgan fingerprint density at radius 1 is 1.14 bits per heavy atom. The monoisotopic (exact) mass is 428 g/mol. The molecule has 5 nitrogen and oxygen atoms in total. The van der Waals surface area contributed by atoms with E-state index < -0.39 is 12.0 Å². The van der Waals surface area contributed by atoms with Crippen LogP contribution in [0.5, 0.6) is 0 Å². The second-order valence-corrected chi connectivity index (χ2v) is 7.57. The zero-order valence-corrected chi connectivity index (χ0v) is 16.8. The maximum Gasteiger partial charge on any atom is 0.321 e. The van der Waals surface area contributed by atoms with Crippen molar-refractivity contribution in [1.82, 2.24) is 10.3 Å². The predicted molar refractivity (Wildman–Crippen MR) is 114 cm³/mol. The number of carboxylic acid groups (broad SMARTS) is 1. The molecule has 0 aliphatic carbocycles. The number of carbonyl (C=O) groups is 1. The molecule has 0 saturated carbocycles. The van der Waals surface area contributed by atoms with E-state index in [1.54, 1.807) is 24.3 Å². The molecule has 2 aromatic heterocycles. The van der Waals surface area contributed by atoms with E-state index in [2.05, 4.69) is 10.3 Å². The summed E-state index contributed by atoms with van der Waals surface area (Å²) in [5.74, 6) is 0.311. The fourth-order valence-corrected chi connectivity index (χ4v) is 3.80. The third-order valence-electron chi connectivity index (χ3n) is 4.78. The number of rotatable bonds is 7. The topological polar surface area (TPSA) is 78.3 Å². The van der Waals surface area contributed by atoms with E-state index in [9.17, 15) is 9.90 Å². The van der Waals surface area contributed by atoms with Gasteiger partial charge in [-0.25, -0.2) is 0 Å². The third kappa shape index (κ3) is 4.32. The number of H-pyrrole nitrogens is 1. The lowest BCUT2D eigenvalue weighted by Crippen LogP contribution is -2.37. The fraction of sp³-hybridized carbons (Fsp3) is 0.136. The lowest BCUT2D eigenvalue weighted by molar-refractivity contribution is -0.139. The summed E-state index contributed by atoms with van der Waals surface area (Å²) in [6.07, 6.45) is 2.21. The SMILES string of the molecule is O=C(O)[C@@H](Cc1c[nH]c2ccccc12)NCc1ccc(-c2ccc(Cl)cc2Cl)o1. The Kier molecular flexibility index (Phi) is 5.62. The maximum atomic E-state index is 11.8. The molecule has 0 unspecified atom stereocenters. The van der Waals surface area contributed by atoms with Gasteiger partial charge in [0, 0.05) is 34.1 Å². The highest BCUT2D eigenvalue weighted by molar-refractivity contribution is 6.36. The smallest absolute Gasteiger partial charge is 0.321 e.